The van der Waals surface area contributed by atoms with Crippen LogP contribution < -0.4 is 0 Å². The van der Waals surface area contributed by atoms with Gasteiger partial charge in [0.05, 0.1) is 9.90 Å². The van der Waals surface area contributed by atoms with Crippen molar-refractivity contribution in [2.45, 2.75) is 0 Å². The van der Waals surface area contributed by atoms with Crippen molar-refractivity contribution in [2.75, 3.05) is 0 Å². The van der Waals surface area contributed by atoms with E-state index >= 15 is 0 Å². The molecule has 0 spiro atoms. The van der Waals surface area contributed by atoms with E-state index in [1.165, 1.54) is 23.5 Å². The van der Waals surface area contributed by atoms with Gasteiger partial charge in [0.25, 0.3) is 0 Å². The molecular formula is C10H7ClO2S. The maximum Gasteiger partial charge on any atom is 0.127 e. The SMILES string of the molecule is Oc1ccc(-c2sccc2Cl)c(O)c1. The van der Waals surface area contributed by atoms with E-state index < -0.39 is 0 Å². The Labute approximate surface area is 90.0 Å². The van der Waals surface area contributed by atoms with Gasteiger partial charge in [0.1, 0.15) is 11.5 Å². The van der Waals surface area contributed by atoms with Gasteiger partial charge >= 0.3 is 0 Å². The number of benzene rings is 1. The molecule has 0 saturated carbocycles. The van der Waals surface area contributed by atoms with Gasteiger partial charge in [-0.1, -0.05) is 11.6 Å². The predicted octanol–water partition coefficient (Wildman–Crippen LogP) is 3.48. The van der Waals surface area contributed by atoms with Gasteiger partial charge in [0, 0.05) is 11.6 Å². The van der Waals surface area contributed by atoms with Gasteiger partial charge in [0.15, 0.2) is 0 Å². The Morgan fingerprint density at radius 1 is 1.14 bits per heavy atom. The molecule has 1 aromatic carbocycles. The van der Waals surface area contributed by atoms with Crippen molar-refractivity contribution in [1.82, 2.24) is 0 Å². The zero-order valence-corrected chi connectivity index (χ0v) is 8.64. The van der Waals surface area contributed by atoms with Gasteiger partial charge in [-0.05, 0) is 23.6 Å². The molecule has 14 heavy (non-hydrogen) atoms. The normalized spacial score (nSPS) is 10.4. The lowest BCUT2D eigenvalue weighted by Crippen LogP contribution is -1.75. The number of rotatable bonds is 1. The highest BCUT2D eigenvalue weighted by Crippen LogP contribution is 2.39. The Hall–Kier alpha value is -1.19. The van der Waals surface area contributed by atoms with E-state index in [2.05, 4.69) is 0 Å². The second-order valence-corrected chi connectivity index (χ2v) is 4.12. The molecule has 2 nitrogen and oxygen atoms in total. The summed E-state index contributed by atoms with van der Waals surface area (Å²) >= 11 is 7.37. The first-order chi connectivity index (χ1) is 6.68. The van der Waals surface area contributed by atoms with Crippen LogP contribution in [-0.2, 0) is 0 Å². The van der Waals surface area contributed by atoms with Crippen LogP contribution in [0, 0.1) is 0 Å². The Morgan fingerprint density at radius 2 is 1.93 bits per heavy atom. The Balaban J connectivity index is 2.58. The summed E-state index contributed by atoms with van der Waals surface area (Å²) < 4.78 is 0. The summed E-state index contributed by atoms with van der Waals surface area (Å²) in [6.07, 6.45) is 0. The molecule has 0 saturated heterocycles. The van der Waals surface area contributed by atoms with Crippen LogP contribution in [0.2, 0.25) is 5.02 Å². The maximum atomic E-state index is 9.58. The van der Waals surface area contributed by atoms with E-state index in [1.54, 1.807) is 12.1 Å². The van der Waals surface area contributed by atoms with Crippen LogP contribution in [0.1, 0.15) is 0 Å². The molecule has 72 valence electrons. The van der Waals surface area contributed by atoms with Crippen LogP contribution in [0.5, 0.6) is 11.5 Å². The number of phenols is 2. The topological polar surface area (TPSA) is 40.5 Å². The quantitative estimate of drug-likeness (QED) is 0.782. The van der Waals surface area contributed by atoms with Gasteiger partial charge < -0.3 is 10.2 Å². The second kappa shape index (κ2) is 3.52. The van der Waals surface area contributed by atoms with Gasteiger partial charge in [-0.25, -0.2) is 0 Å². The standard InChI is InChI=1S/C10H7ClO2S/c11-8-3-4-14-10(8)7-2-1-6(12)5-9(7)13/h1-5,12-13H. The molecule has 0 bridgehead atoms. The lowest BCUT2D eigenvalue weighted by molar-refractivity contribution is 0.452. The van der Waals surface area contributed by atoms with E-state index in [1.807, 2.05) is 5.38 Å². The average Bonchev–Trinajstić information content (AvgIpc) is 2.52. The molecule has 0 radical (unpaired) electrons. The van der Waals surface area contributed by atoms with Crippen LogP contribution >= 0.6 is 22.9 Å². The monoisotopic (exact) mass is 226 g/mol. The summed E-state index contributed by atoms with van der Waals surface area (Å²) in [4.78, 5) is 0.809. The molecule has 0 atom stereocenters. The van der Waals surface area contributed by atoms with Crippen LogP contribution in [0.4, 0.5) is 0 Å². The first kappa shape index (κ1) is 9.37. The number of thiophene rings is 1. The third kappa shape index (κ3) is 1.56. The number of aromatic hydroxyl groups is 2. The van der Waals surface area contributed by atoms with Crippen molar-refractivity contribution < 1.29 is 10.2 Å². The summed E-state index contributed by atoms with van der Waals surface area (Å²) in [6.45, 7) is 0. The first-order valence-corrected chi connectivity index (χ1v) is 5.19. The van der Waals surface area contributed by atoms with Gasteiger partial charge in [-0.2, -0.15) is 0 Å². The summed E-state index contributed by atoms with van der Waals surface area (Å²) in [6, 6.07) is 6.23. The smallest absolute Gasteiger partial charge is 0.127 e. The highest BCUT2D eigenvalue weighted by atomic mass is 35.5. The largest absolute Gasteiger partial charge is 0.508 e. The summed E-state index contributed by atoms with van der Waals surface area (Å²) in [5.41, 5.74) is 0.641. The molecular weight excluding hydrogens is 220 g/mol. The van der Waals surface area contributed by atoms with E-state index in [0.29, 0.717) is 10.6 Å². The zero-order valence-electron chi connectivity index (χ0n) is 7.07. The molecule has 0 fully saturated rings. The van der Waals surface area contributed by atoms with E-state index in [9.17, 15) is 5.11 Å². The van der Waals surface area contributed by atoms with Crippen LogP contribution in [0.3, 0.4) is 0 Å². The minimum absolute atomic E-state index is 0.0364. The Kier molecular flexibility index (Phi) is 2.35. The minimum atomic E-state index is 0.0364. The molecule has 1 heterocycles. The predicted molar refractivity (Wildman–Crippen MR) is 58.1 cm³/mol. The Morgan fingerprint density at radius 3 is 2.50 bits per heavy atom. The number of phenolic OH excluding ortho intramolecular Hbond substituents is 2. The lowest BCUT2D eigenvalue weighted by Gasteiger charge is -2.02. The fourth-order valence-corrected chi connectivity index (χ4v) is 2.39. The van der Waals surface area contributed by atoms with Crippen LogP contribution in [0.15, 0.2) is 29.6 Å². The molecule has 2 aromatic rings. The Bertz CT molecular complexity index is 465. The highest BCUT2D eigenvalue weighted by Gasteiger charge is 2.09. The van der Waals surface area contributed by atoms with Crippen molar-refractivity contribution in [3.8, 4) is 21.9 Å². The maximum absolute atomic E-state index is 9.58. The number of hydrogen-bond donors (Lipinski definition) is 2. The minimum Gasteiger partial charge on any atom is -0.508 e. The van der Waals surface area contributed by atoms with Crippen molar-refractivity contribution >= 4 is 22.9 Å². The number of hydrogen-bond acceptors (Lipinski definition) is 3. The lowest BCUT2D eigenvalue weighted by atomic mass is 10.1. The zero-order chi connectivity index (χ0) is 10.1. The first-order valence-electron chi connectivity index (χ1n) is 3.94. The molecule has 1 aromatic heterocycles. The molecule has 2 N–H and O–H groups in total. The fraction of sp³-hybridized carbons (Fsp3) is 0. The second-order valence-electron chi connectivity index (χ2n) is 2.80. The average molecular weight is 227 g/mol. The van der Waals surface area contributed by atoms with Crippen LogP contribution in [-0.4, -0.2) is 10.2 Å². The summed E-state index contributed by atoms with van der Waals surface area (Å²) in [7, 11) is 0. The summed E-state index contributed by atoms with van der Waals surface area (Å²) in [5.74, 6) is 0.0771. The van der Waals surface area contributed by atoms with E-state index in [0.717, 1.165) is 4.88 Å². The van der Waals surface area contributed by atoms with Gasteiger partial charge in [-0.15, -0.1) is 11.3 Å². The van der Waals surface area contributed by atoms with Crippen molar-refractivity contribution in [3.05, 3.63) is 34.7 Å². The van der Waals surface area contributed by atoms with Gasteiger partial charge in [0.2, 0.25) is 0 Å². The van der Waals surface area contributed by atoms with Crippen molar-refractivity contribution in [3.63, 3.8) is 0 Å². The van der Waals surface area contributed by atoms with E-state index in [-0.39, 0.29) is 11.5 Å². The van der Waals surface area contributed by atoms with Gasteiger partial charge in [-0.3, -0.25) is 0 Å². The van der Waals surface area contributed by atoms with E-state index in [4.69, 9.17) is 16.7 Å². The highest BCUT2D eigenvalue weighted by molar-refractivity contribution is 7.14. The third-order valence-electron chi connectivity index (χ3n) is 1.84. The van der Waals surface area contributed by atoms with Crippen molar-refractivity contribution in [1.29, 1.82) is 0 Å². The molecule has 4 heteroatoms. The van der Waals surface area contributed by atoms with Crippen molar-refractivity contribution in [2.24, 2.45) is 0 Å². The third-order valence-corrected chi connectivity index (χ3v) is 3.22. The molecule has 0 aliphatic rings. The van der Waals surface area contributed by atoms with Crippen LogP contribution in [0.25, 0.3) is 10.4 Å². The molecule has 2 rings (SSSR count). The molecule has 0 aliphatic heterocycles. The number of halogens is 1. The fourth-order valence-electron chi connectivity index (χ4n) is 1.20. The molecule has 0 aliphatic carbocycles. The molecule has 0 unspecified atom stereocenters. The molecule has 0 amide bonds. The summed E-state index contributed by atoms with van der Waals surface area (Å²) in [5, 5.41) is 21.1.